The number of hydrogen-bond donors (Lipinski definition) is 0. The lowest BCUT2D eigenvalue weighted by atomic mass is 10.1. The number of hydrogen-bond acceptors (Lipinski definition) is 6. The minimum Gasteiger partial charge on any atom is -0.464 e. The molecular weight excluding hydrogens is 547 g/mol. The molecule has 0 radical (unpaired) electrons. The summed E-state index contributed by atoms with van der Waals surface area (Å²) < 4.78 is 79.1. The first-order valence-electron chi connectivity index (χ1n) is 16.8. The van der Waals surface area contributed by atoms with Crippen molar-refractivity contribution in [2.75, 3.05) is 57.2 Å². The van der Waals surface area contributed by atoms with Crippen LogP contribution in [0.3, 0.4) is 0 Å². The average molecular weight is 596 g/mol. The number of piperazine rings is 1. The summed E-state index contributed by atoms with van der Waals surface area (Å²) in [6, 6.07) is 11.5. The molecular formula is C32H44F3N3O2S. The van der Waals surface area contributed by atoms with Gasteiger partial charge in [-0.15, -0.1) is 0 Å². The topological polar surface area (TPSA) is 36.0 Å². The maximum Gasteiger partial charge on any atom is 0.416 e. The zero-order valence-corrected chi connectivity index (χ0v) is 24.7. The number of para-hydroxylation sites is 1. The van der Waals surface area contributed by atoms with E-state index in [9.17, 15) is 18.0 Å². The first-order valence-corrected chi connectivity index (χ1v) is 15.6. The predicted octanol–water partition coefficient (Wildman–Crippen LogP) is 8.00. The number of nitrogens with zero attached hydrogens (tertiary/aromatic N) is 3. The zero-order valence-electron chi connectivity index (χ0n) is 27.8. The Balaban J connectivity index is 1.27. The minimum absolute atomic E-state index is 0.0688. The van der Waals surface area contributed by atoms with Crippen LogP contribution < -0.4 is 4.90 Å². The summed E-state index contributed by atoms with van der Waals surface area (Å²) in [7, 11) is 0. The summed E-state index contributed by atoms with van der Waals surface area (Å²) in [5, 5.41) is 0. The first kappa shape index (κ1) is 26.4. The molecule has 0 aliphatic carbocycles. The quantitative estimate of drug-likeness (QED) is 0.153. The Kier molecular flexibility index (Phi) is 10.2. The summed E-state index contributed by atoms with van der Waals surface area (Å²) in [6.07, 6.45) is 3.42. The normalized spacial score (nSPS) is 18.1. The summed E-state index contributed by atoms with van der Waals surface area (Å²) in [4.78, 5) is 19.6. The Morgan fingerprint density at radius 1 is 0.878 bits per heavy atom. The van der Waals surface area contributed by atoms with Gasteiger partial charge >= 0.3 is 12.1 Å². The van der Waals surface area contributed by atoms with Crippen molar-refractivity contribution < 1.29 is 28.2 Å². The molecule has 4 rings (SSSR count). The molecule has 0 saturated carbocycles. The number of carbonyl (C=O) groups excluding carboxylic acids is 1. The summed E-state index contributed by atoms with van der Waals surface area (Å²) in [5.74, 6) is -0.724. The molecule has 2 aliphatic rings. The number of esters is 1. The van der Waals surface area contributed by atoms with Crippen molar-refractivity contribution >= 4 is 29.1 Å². The second kappa shape index (κ2) is 15.8. The van der Waals surface area contributed by atoms with Gasteiger partial charge in [-0.3, -0.25) is 9.69 Å². The van der Waals surface area contributed by atoms with Gasteiger partial charge in [0.1, 0.15) is 6.56 Å². The molecule has 41 heavy (non-hydrogen) atoms. The Labute approximate surface area is 253 Å². The van der Waals surface area contributed by atoms with Gasteiger partial charge in [-0.25, -0.2) is 0 Å². The molecule has 2 heterocycles. The smallest absolute Gasteiger partial charge is 0.416 e. The number of anilines is 2. The fourth-order valence-corrected chi connectivity index (χ4v) is 6.28. The molecule has 5 nitrogen and oxygen atoms in total. The van der Waals surface area contributed by atoms with Gasteiger partial charge in [0.25, 0.3) is 0 Å². The molecule has 0 amide bonds. The maximum atomic E-state index is 13.5. The van der Waals surface area contributed by atoms with Crippen molar-refractivity contribution in [3.8, 4) is 0 Å². The lowest BCUT2D eigenvalue weighted by molar-refractivity contribution is -0.144. The Bertz CT molecular complexity index is 1280. The van der Waals surface area contributed by atoms with Gasteiger partial charge in [-0.2, -0.15) is 13.2 Å². The summed E-state index contributed by atoms with van der Waals surface area (Å²) in [5.41, 5.74) is 0.728. The van der Waals surface area contributed by atoms with E-state index < -0.39 is 30.8 Å². The van der Waals surface area contributed by atoms with Crippen LogP contribution >= 0.6 is 11.8 Å². The first-order chi connectivity index (χ1) is 21.3. The Hall–Kier alpha value is -2.23. The van der Waals surface area contributed by atoms with Crippen LogP contribution in [0.4, 0.5) is 24.5 Å². The number of carbonyl (C=O) groups is 1. The van der Waals surface area contributed by atoms with Crippen LogP contribution in [0.15, 0.2) is 52.3 Å². The largest absolute Gasteiger partial charge is 0.464 e. The molecule has 0 unspecified atom stereocenters. The van der Waals surface area contributed by atoms with Crippen molar-refractivity contribution in [3.05, 3.63) is 48.0 Å². The van der Waals surface area contributed by atoms with Gasteiger partial charge in [0.15, 0.2) is 0 Å². The highest BCUT2D eigenvalue weighted by molar-refractivity contribution is 7.99. The number of fused-ring (bicyclic) bond motifs is 2. The van der Waals surface area contributed by atoms with Gasteiger partial charge in [-0.1, -0.05) is 69.3 Å². The minimum atomic E-state index is -4.44. The zero-order chi connectivity index (χ0) is 32.7. The van der Waals surface area contributed by atoms with Crippen LogP contribution in [0.1, 0.15) is 75.8 Å². The number of rotatable bonds is 15. The van der Waals surface area contributed by atoms with E-state index in [1.54, 1.807) is 0 Å². The SMILES string of the molecule is [2H]C([2H])(OC(=O)CCCCCCCCC)C([2H])([2H])N1CCN(CCCN2c3ccccc3Sc3ccc(C(F)(F)F)cc32)CC1. The van der Waals surface area contributed by atoms with Gasteiger partial charge in [0.05, 0.1) is 19.7 Å². The van der Waals surface area contributed by atoms with Crippen LogP contribution in [0.2, 0.25) is 0 Å². The van der Waals surface area contributed by atoms with E-state index in [0.717, 1.165) is 40.8 Å². The Morgan fingerprint density at radius 3 is 2.32 bits per heavy atom. The van der Waals surface area contributed by atoms with Crippen molar-refractivity contribution in [1.29, 1.82) is 0 Å². The van der Waals surface area contributed by atoms with Crippen molar-refractivity contribution in [3.63, 3.8) is 0 Å². The lowest BCUT2D eigenvalue weighted by Crippen LogP contribution is -2.47. The maximum absolute atomic E-state index is 13.5. The van der Waals surface area contributed by atoms with Gasteiger partial charge in [0, 0.05) is 58.2 Å². The molecule has 1 fully saturated rings. The van der Waals surface area contributed by atoms with E-state index in [1.807, 2.05) is 29.2 Å². The van der Waals surface area contributed by atoms with E-state index in [4.69, 9.17) is 10.2 Å². The predicted molar refractivity (Wildman–Crippen MR) is 160 cm³/mol. The van der Waals surface area contributed by atoms with Gasteiger partial charge < -0.3 is 14.5 Å². The molecule has 0 bridgehead atoms. The second-order valence-corrected chi connectivity index (χ2v) is 11.7. The number of benzene rings is 2. The highest BCUT2D eigenvalue weighted by atomic mass is 32.2. The number of ether oxygens (including phenoxy) is 1. The van der Waals surface area contributed by atoms with Crippen molar-refractivity contribution in [2.45, 2.75) is 80.7 Å². The molecule has 0 spiro atoms. The number of unbranched alkanes of at least 4 members (excludes halogenated alkanes) is 6. The molecule has 0 N–H and O–H groups in total. The van der Waals surface area contributed by atoms with Crippen LogP contribution in [0.25, 0.3) is 0 Å². The van der Waals surface area contributed by atoms with Crippen LogP contribution in [-0.2, 0) is 15.7 Å². The molecule has 226 valence electrons. The summed E-state index contributed by atoms with van der Waals surface area (Å²) >= 11 is 1.46. The molecule has 0 aromatic heterocycles. The van der Waals surface area contributed by atoms with E-state index in [-0.39, 0.29) is 19.5 Å². The highest BCUT2D eigenvalue weighted by Gasteiger charge is 2.33. The number of alkyl halides is 3. The van der Waals surface area contributed by atoms with E-state index >= 15 is 0 Å². The van der Waals surface area contributed by atoms with Crippen LogP contribution in [-0.4, -0.2) is 68.1 Å². The van der Waals surface area contributed by atoms with E-state index in [1.165, 1.54) is 48.1 Å². The third kappa shape index (κ3) is 9.65. The van der Waals surface area contributed by atoms with Crippen molar-refractivity contribution in [1.82, 2.24) is 9.80 Å². The second-order valence-electron chi connectivity index (χ2n) is 10.6. The van der Waals surface area contributed by atoms with Crippen LogP contribution in [0, 0.1) is 0 Å². The van der Waals surface area contributed by atoms with Crippen molar-refractivity contribution in [2.24, 2.45) is 0 Å². The monoisotopic (exact) mass is 595 g/mol. The van der Waals surface area contributed by atoms with Gasteiger partial charge in [0.2, 0.25) is 0 Å². The molecule has 2 aromatic carbocycles. The molecule has 2 aromatic rings. The fraction of sp³-hybridized carbons (Fsp3) is 0.594. The third-order valence-corrected chi connectivity index (χ3v) is 8.66. The van der Waals surface area contributed by atoms with E-state index in [0.29, 0.717) is 44.7 Å². The van der Waals surface area contributed by atoms with Gasteiger partial charge in [-0.05, 0) is 49.7 Å². The average Bonchev–Trinajstić information content (AvgIpc) is 2.99. The van der Waals surface area contributed by atoms with Crippen LogP contribution in [0.5, 0.6) is 0 Å². The standard InChI is InChI=1S/C32H44F3N3O2S/c1-2-3-4-5-6-7-8-14-31(39)40-24-23-37-21-19-36(20-22-37)17-11-18-38-27-12-9-10-13-29(27)41-30-16-15-26(25-28(30)38)32(33,34)35/h9-10,12-13,15-16,25H,2-8,11,14,17-24H2,1H3/i23D2,24D2. The molecule has 9 heteroatoms. The number of halogens is 3. The molecule has 0 atom stereocenters. The molecule has 2 aliphatic heterocycles. The third-order valence-electron chi connectivity index (χ3n) is 7.53. The summed E-state index contributed by atoms with van der Waals surface area (Å²) in [6.45, 7) is -0.501. The fourth-order valence-electron chi connectivity index (χ4n) is 5.20. The molecule has 1 saturated heterocycles. The van der Waals surface area contributed by atoms with E-state index in [2.05, 4.69) is 11.8 Å². The lowest BCUT2D eigenvalue weighted by Gasteiger charge is -2.36. The Morgan fingerprint density at radius 2 is 1.56 bits per heavy atom. The highest BCUT2D eigenvalue weighted by Crippen LogP contribution is 2.49.